The van der Waals surface area contributed by atoms with E-state index in [-0.39, 0.29) is 58.5 Å². The highest BCUT2D eigenvalue weighted by Gasteiger charge is 2.44. The van der Waals surface area contributed by atoms with E-state index < -0.39 is 10.9 Å². The number of phenolic OH excluding ortho intramolecular Hbond substituents is 1. The van der Waals surface area contributed by atoms with Gasteiger partial charge in [0.1, 0.15) is 18.0 Å². The third kappa shape index (κ3) is 4.62. The first-order valence-electron chi connectivity index (χ1n) is 11.1. The molecule has 0 radical (unpaired) electrons. The van der Waals surface area contributed by atoms with Crippen molar-refractivity contribution >= 4 is 28.7 Å². The van der Waals surface area contributed by atoms with Crippen LogP contribution in [-0.2, 0) is 11.2 Å². The molecule has 2 amide bonds. The lowest BCUT2D eigenvalue weighted by Gasteiger charge is -2.38. The molecule has 0 aromatic heterocycles. The highest BCUT2D eigenvalue weighted by atomic mass is 32.2. The second-order valence-electron chi connectivity index (χ2n) is 8.50. The van der Waals surface area contributed by atoms with Crippen LogP contribution < -0.4 is 24.3 Å². The predicted octanol–water partition coefficient (Wildman–Crippen LogP) is 3.80. The summed E-state index contributed by atoms with van der Waals surface area (Å²) in [7, 11) is 2.83. The van der Waals surface area contributed by atoms with Gasteiger partial charge >= 0.3 is 0 Å². The van der Waals surface area contributed by atoms with E-state index in [9.17, 15) is 19.5 Å². The van der Waals surface area contributed by atoms with Crippen molar-refractivity contribution in [2.75, 3.05) is 20.8 Å². The maximum Gasteiger partial charge on any atom is 0.286 e. The molecule has 0 aliphatic carbocycles. The Morgan fingerprint density at radius 1 is 1.14 bits per heavy atom. The number of nitrogens with one attached hydrogen (secondary N) is 1. The third-order valence-electron chi connectivity index (χ3n) is 6.33. The van der Waals surface area contributed by atoms with E-state index >= 15 is 0 Å². The molecule has 0 saturated carbocycles. The smallest absolute Gasteiger partial charge is 0.286 e. The van der Waals surface area contributed by atoms with Gasteiger partial charge in [0, 0.05) is 5.56 Å². The molecular weight excluding hydrogens is 474 g/mol. The molecule has 2 N–H and O–H groups in total. The van der Waals surface area contributed by atoms with Crippen molar-refractivity contribution in [1.82, 2.24) is 5.32 Å². The van der Waals surface area contributed by atoms with Crippen LogP contribution in [0.5, 0.6) is 28.7 Å². The SMILES string of the molecule is CCC1(COc2ccc(CC3SC(=O)NC3=O)cc2)CC(=O)c2c(C)c(O)c(OC)c(OC)c2O1. The zero-order valence-corrected chi connectivity index (χ0v) is 20.7. The summed E-state index contributed by atoms with van der Waals surface area (Å²) < 4.78 is 23.1. The molecule has 0 bridgehead atoms. The van der Waals surface area contributed by atoms with Gasteiger partial charge in [-0.25, -0.2) is 0 Å². The molecule has 10 heteroatoms. The number of hydrogen-bond donors (Lipinski definition) is 2. The molecule has 4 rings (SSSR count). The summed E-state index contributed by atoms with van der Waals surface area (Å²) >= 11 is 0.992. The molecule has 1 saturated heterocycles. The summed E-state index contributed by atoms with van der Waals surface area (Å²) in [6.45, 7) is 3.65. The van der Waals surface area contributed by atoms with Crippen LogP contribution in [-0.4, -0.2) is 53.7 Å². The van der Waals surface area contributed by atoms with E-state index in [2.05, 4.69) is 5.32 Å². The maximum atomic E-state index is 13.2. The lowest BCUT2D eigenvalue weighted by atomic mass is 9.86. The number of thioether (sulfide) groups is 1. The quantitative estimate of drug-likeness (QED) is 0.556. The molecule has 0 spiro atoms. The fourth-order valence-corrected chi connectivity index (χ4v) is 5.14. The number of methoxy groups -OCH3 is 2. The first kappa shape index (κ1) is 24.7. The standard InChI is InChI=1S/C25H27NO8S/c1-5-25(11-16(27)18-13(2)19(28)21(31-3)22(32-4)20(18)34-25)12-33-15-8-6-14(7-9-15)10-17-23(29)26-24(30)35-17/h6-9,17,28H,5,10-12H2,1-4H3,(H,26,29,30). The van der Waals surface area contributed by atoms with E-state index in [0.717, 1.165) is 17.3 Å². The molecular formula is C25H27NO8S. The molecule has 186 valence electrons. The molecule has 2 heterocycles. The fourth-order valence-electron chi connectivity index (χ4n) is 4.28. The molecule has 35 heavy (non-hydrogen) atoms. The largest absolute Gasteiger partial charge is 0.504 e. The molecule has 1 fully saturated rings. The number of aromatic hydroxyl groups is 1. The monoisotopic (exact) mass is 501 g/mol. The highest BCUT2D eigenvalue weighted by Crippen LogP contribution is 2.52. The van der Waals surface area contributed by atoms with Crippen molar-refractivity contribution in [2.24, 2.45) is 0 Å². The van der Waals surface area contributed by atoms with Gasteiger partial charge in [0.25, 0.3) is 5.24 Å². The lowest BCUT2D eigenvalue weighted by molar-refractivity contribution is -0.118. The van der Waals surface area contributed by atoms with Crippen molar-refractivity contribution in [2.45, 2.75) is 44.0 Å². The van der Waals surface area contributed by atoms with Gasteiger partial charge in [0.2, 0.25) is 17.4 Å². The van der Waals surface area contributed by atoms with Crippen molar-refractivity contribution in [3.05, 3.63) is 41.0 Å². The minimum Gasteiger partial charge on any atom is -0.504 e. The maximum absolute atomic E-state index is 13.2. The van der Waals surface area contributed by atoms with E-state index in [4.69, 9.17) is 18.9 Å². The molecule has 2 aliphatic rings. The van der Waals surface area contributed by atoms with Crippen LogP contribution in [0.1, 0.15) is 41.3 Å². The van der Waals surface area contributed by atoms with Gasteiger partial charge in [0.15, 0.2) is 17.3 Å². The number of hydrogen-bond acceptors (Lipinski definition) is 9. The first-order valence-corrected chi connectivity index (χ1v) is 12.0. The Morgan fingerprint density at radius 3 is 2.40 bits per heavy atom. The topological polar surface area (TPSA) is 120 Å². The van der Waals surface area contributed by atoms with Gasteiger partial charge in [0.05, 0.1) is 31.5 Å². The number of carbonyl (C=O) groups is 3. The van der Waals surface area contributed by atoms with Crippen molar-refractivity contribution in [3.8, 4) is 28.7 Å². The summed E-state index contributed by atoms with van der Waals surface area (Å²) in [4.78, 5) is 36.3. The number of carbonyl (C=O) groups excluding carboxylic acids is 3. The van der Waals surface area contributed by atoms with Gasteiger partial charge < -0.3 is 24.1 Å². The van der Waals surface area contributed by atoms with Crippen molar-refractivity contribution in [1.29, 1.82) is 0 Å². The number of imide groups is 1. The summed E-state index contributed by atoms with van der Waals surface area (Å²) in [6.07, 6.45) is 1.000. The number of rotatable bonds is 8. The fraction of sp³-hybridized carbons (Fsp3) is 0.400. The molecule has 9 nitrogen and oxygen atoms in total. The summed E-state index contributed by atoms with van der Waals surface area (Å²) in [5.74, 6) is 0.470. The van der Waals surface area contributed by atoms with E-state index in [1.807, 2.05) is 19.1 Å². The van der Waals surface area contributed by atoms with Crippen LogP contribution in [0.2, 0.25) is 0 Å². The summed E-state index contributed by atoms with van der Waals surface area (Å²) in [5.41, 5.74) is 0.610. The lowest BCUT2D eigenvalue weighted by Crippen LogP contribution is -2.47. The van der Waals surface area contributed by atoms with Crippen molar-refractivity contribution < 1.29 is 38.4 Å². The van der Waals surface area contributed by atoms with Gasteiger partial charge in [-0.05, 0) is 37.5 Å². The number of phenols is 1. The number of benzene rings is 2. The van der Waals surface area contributed by atoms with Gasteiger partial charge in [-0.1, -0.05) is 30.8 Å². The molecule has 2 aromatic carbocycles. The zero-order valence-electron chi connectivity index (χ0n) is 19.9. The predicted molar refractivity (Wildman–Crippen MR) is 129 cm³/mol. The average molecular weight is 502 g/mol. The number of ketones is 1. The Kier molecular flexibility index (Phi) is 6.84. The van der Waals surface area contributed by atoms with Crippen LogP contribution in [0.25, 0.3) is 0 Å². The average Bonchev–Trinajstić information content (AvgIpc) is 3.16. The van der Waals surface area contributed by atoms with E-state index in [1.165, 1.54) is 14.2 Å². The third-order valence-corrected chi connectivity index (χ3v) is 7.31. The second-order valence-corrected chi connectivity index (χ2v) is 9.68. The summed E-state index contributed by atoms with van der Waals surface area (Å²) in [5, 5.41) is 12.0. The number of fused-ring (bicyclic) bond motifs is 1. The van der Waals surface area contributed by atoms with Crippen LogP contribution in [0.15, 0.2) is 24.3 Å². The molecule has 2 aliphatic heterocycles. The van der Waals surface area contributed by atoms with E-state index in [1.54, 1.807) is 19.1 Å². The molecule has 2 atom stereocenters. The minimum absolute atomic E-state index is 0.0758. The Hall–Kier alpha value is -3.40. The minimum atomic E-state index is -0.941. The Balaban J connectivity index is 1.52. The summed E-state index contributed by atoms with van der Waals surface area (Å²) in [6, 6.07) is 7.24. The van der Waals surface area contributed by atoms with Crippen LogP contribution in [0, 0.1) is 6.92 Å². The van der Waals surface area contributed by atoms with Gasteiger partial charge in [-0.3, -0.25) is 19.7 Å². The molecule has 2 unspecified atom stereocenters. The Labute approximate surface area is 207 Å². The molecule has 2 aromatic rings. The van der Waals surface area contributed by atoms with E-state index in [0.29, 0.717) is 24.2 Å². The second kappa shape index (κ2) is 9.69. The number of amides is 2. The first-order chi connectivity index (χ1) is 16.7. The number of ether oxygens (including phenoxy) is 4. The van der Waals surface area contributed by atoms with Gasteiger partial charge in [-0.15, -0.1) is 0 Å². The van der Waals surface area contributed by atoms with Crippen molar-refractivity contribution in [3.63, 3.8) is 0 Å². The van der Waals surface area contributed by atoms with Crippen LogP contribution >= 0.6 is 11.8 Å². The van der Waals surface area contributed by atoms with Crippen LogP contribution in [0.4, 0.5) is 4.79 Å². The highest BCUT2D eigenvalue weighted by molar-refractivity contribution is 8.15. The zero-order chi connectivity index (χ0) is 25.3. The number of Topliss-reactive ketones (excluding diaryl/α,β-unsaturated/α-hetero) is 1. The Morgan fingerprint density at radius 2 is 1.83 bits per heavy atom. The normalized spacial score (nSPS) is 21.3. The van der Waals surface area contributed by atoms with Gasteiger partial charge in [-0.2, -0.15) is 0 Å². The Bertz CT molecular complexity index is 1180. The van der Waals surface area contributed by atoms with Crippen LogP contribution in [0.3, 0.4) is 0 Å².